The van der Waals surface area contributed by atoms with Crippen molar-refractivity contribution in [2.75, 3.05) is 31.5 Å². The summed E-state index contributed by atoms with van der Waals surface area (Å²) < 4.78 is 4.93. The predicted molar refractivity (Wildman–Crippen MR) is 88.7 cm³/mol. The Labute approximate surface area is 133 Å². The Hall–Kier alpha value is -2.54. The normalized spacial score (nSPS) is 11.2. The monoisotopic (exact) mass is 320 g/mol. The summed E-state index contributed by atoms with van der Waals surface area (Å²) in [5, 5.41) is 4.33. The van der Waals surface area contributed by atoms with Crippen molar-refractivity contribution in [1.82, 2.24) is 9.97 Å². The summed E-state index contributed by atoms with van der Waals surface area (Å²) in [6.45, 7) is 0. The van der Waals surface area contributed by atoms with Gasteiger partial charge in [0.15, 0.2) is 11.7 Å². The summed E-state index contributed by atoms with van der Waals surface area (Å²) >= 11 is 5.85. The average molecular weight is 321 g/mol. The van der Waals surface area contributed by atoms with E-state index in [-0.39, 0.29) is 11.2 Å². The lowest BCUT2D eigenvalue weighted by Gasteiger charge is -2.12. The summed E-state index contributed by atoms with van der Waals surface area (Å²) in [7, 11) is 5.40. The van der Waals surface area contributed by atoms with E-state index in [9.17, 15) is 0 Å². The zero-order valence-corrected chi connectivity index (χ0v) is 13.3. The van der Waals surface area contributed by atoms with Gasteiger partial charge in [-0.15, -0.1) is 0 Å². The lowest BCUT2D eigenvalue weighted by Crippen LogP contribution is -2.16. The van der Waals surface area contributed by atoms with E-state index in [2.05, 4.69) is 20.5 Å². The van der Waals surface area contributed by atoms with E-state index < -0.39 is 0 Å². The number of methoxy groups -OCH3 is 1. The molecule has 0 unspecified atom stereocenters. The Morgan fingerprint density at radius 1 is 1.27 bits per heavy atom. The van der Waals surface area contributed by atoms with Gasteiger partial charge in [-0.05, 0) is 24.3 Å². The van der Waals surface area contributed by atoms with Gasteiger partial charge in [-0.25, -0.2) is 0 Å². The fourth-order valence-corrected chi connectivity index (χ4v) is 1.83. The van der Waals surface area contributed by atoms with Crippen LogP contribution in [-0.2, 0) is 0 Å². The number of nitrogens with two attached hydrogens (primary N) is 1. The van der Waals surface area contributed by atoms with Crippen molar-refractivity contribution in [3.63, 3.8) is 0 Å². The summed E-state index contributed by atoms with van der Waals surface area (Å²) in [6.07, 6.45) is 0. The average Bonchev–Trinajstić information content (AvgIpc) is 2.52. The molecular weight excluding hydrogens is 304 g/mol. The molecule has 8 heteroatoms. The minimum atomic E-state index is 0.152. The molecule has 0 fully saturated rings. The van der Waals surface area contributed by atoms with Crippen molar-refractivity contribution in [2.24, 2.45) is 10.8 Å². The molecule has 2 rings (SSSR count). The SMILES string of the molecule is COc1nc(Cl)cc(N/N=C(\N)c2ccc(N(C)C)cc2)n1. The van der Waals surface area contributed by atoms with Gasteiger partial charge < -0.3 is 15.4 Å². The molecular formula is C14H17ClN6O. The molecule has 0 saturated heterocycles. The maximum absolute atomic E-state index is 5.94. The van der Waals surface area contributed by atoms with Crippen LogP contribution in [0.25, 0.3) is 0 Å². The third-order valence-electron chi connectivity index (χ3n) is 2.83. The van der Waals surface area contributed by atoms with Crippen molar-refractivity contribution in [1.29, 1.82) is 0 Å². The number of aromatic nitrogens is 2. The lowest BCUT2D eigenvalue weighted by atomic mass is 10.2. The Balaban J connectivity index is 2.13. The van der Waals surface area contributed by atoms with Crippen LogP contribution in [0.3, 0.4) is 0 Å². The molecule has 0 spiro atoms. The van der Waals surface area contributed by atoms with Gasteiger partial charge >= 0.3 is 6.01 Å². The standard InChI is InChI=1S/C14H17ClN6O/c1-21(2)10-6-4-9(5-7-10)13(16)20-19-12-8-11(15)17-14(18-12)22-3/h4-8H,1-3H3,(H2,16,20)(H,17,18,19). The summed E-state index contributed by atoms with van der Waals surface area (Å²) in [5.41, 5.74) is 10.6. The minimum Gasteiger partial charge on any atom is -0.467 e. The molecule has 0 aliphatic rings. The predicted octanol–water partition coefficient (Wildman–Crippen LogP) is 1.94. The van der Waals surface area contributed by atoms with E-state index in [0.29, 0.717) is 11.7 Å². The molecule has 0 saturated carbocycles. The van der Waals surface area contributed by atoms with E-state index in [4.69, 9.17) is 22.1 Å². The molecule has 0 amide bonds. The highest BCUT2D eigenvalue weighted by Gasteiger charge is 2.04. The van der Waals surface area contributed by atoms with Gasteiger partial charge in [0.25, 0.3) is 0 Å². The number of hydrogen-bond donors (Lipinski definition) is 2. The van der Waals surface area contributed by atoms with E-state index in [1.807, 2.05) is 43.3 Å². The fraction of sp³-hybridized carbons (Fsp3) is 0.214. The van der Waals surface area contributed by atoms with Crippen LogP contribution in [-0.4, -0.2) is 37.0 Å². The van der Waals surface area contributed by atoms with Crippen molar-refractivity contribution < 1.29 is 4.74 Å². The molecule has 1 aromatic carbocycles. The van der Waals surface area contributed by atoms with Gasteiger partial charge in [0.05, 0.1) is 7.11 Å². The minimum absolute atomic E-state index is 0.152. The highest BCUT2D eigenvalue weighted by molar-refractivity contribution is 6.29. The van der Waals surface area contributed by atoms with E-state index in [1.165, 1.54) is 13.2 Å². The summed E-state index contributed by atoms with van der Waals surface area (Å²) in [6, 6.07) is 9.38. The number of hydrazone groups is 1. The van der Waals surface area contributed by atoms with Crippen LogP contribution in [0.2, 0.25) is 5.15 Å². The van der Waals surface area contributed by atoms with Crippen LogP contribution in [0.15, 0.2) is 35.4 Å². The van der Waals surface area contributed by atoms with Gasteiger partial charge in [0.1, 0.15) is 5.15 Å². The Morgan fingerprint density at radius 2 is 1.95 bits per heavy atom. The molecule has 0 radical (unpaired) electrons. The molecule has 3 N–H and O–H groups in total. The first kappa shape index (κ1) is 15.8. The number of amidine groups is 1. The Bertz CT molecular complexity index is 672. The number of nitrogens with zero attached hydrogens (tertiary/aromatic N) is 4. The third-order valence-corrected chi connectivity index (χ3v) is 3.02. The van der Waals surface area contributed by atoms with E-state index >= 15 is 0 Å². The van der Waals surface area contributed by atoms with Gasteiger partial charge in [0, 0.05) is 31.4 Å². The number of halogens is 1. The fourth-order valence-electron chi connectivity index (χ4n) is 1.66. The van der Waals surface area contributed by atoms with E-state index in [0.717, 1.165) is 11.3 Å². The van der Waals surface area contributed by atoms with Crippen molar-refractivity contribution in [3.05, 3.63) is 41.0 Å². The van der Waals surface area contributed by atoms with Crippen LogP contribution in [0.1, 0.15) is 5.56 Å². The number of benzene rings is 1. The quantitative estimate of drug-likeness (QED) is 0.379. The lowest BCUT2D eigenvalue weighted by molar-refractivity contribution is 0.380. The molecule has 0 bridgehead atoms. The second-order valence-corrected chi connectivity index (χ2v) is 5.00. The zero-order chi connectivity index (χ0) is 16.1. The maximum atomic E-state index is 5.94. The van der Waals surface area contributed by atoms with Gasteiger partial charge in [-0.2, -0.15) is 15.1 Å². The summed E-state index contributed by atoms with van der Waals surface area (Å²) in [5.74, 6) is 0.726. The largest absolute Gasteiger partial charge is 0.467 e. The Kier molecular flexibility index (Phi) is 5.00. The molecule has 116 valence electrons. The molecule has 22 heavy (non-hydrogen) atoms. The first-order valence-electron chi connectivity index (χ1n) is 6.45. The Morgan fingerprint density at radius 3 is 2.55 bits per heavy atom. The van der Waals surface area contributed by atoms with Crippen LogP contribution >= 0.6 is 11.6 Å². The topological polar surface area (TPSA) is 88.7 Å². The highest BCUT2D eigenvalue weighted by atomic mass is 35.5. The zero-order valence-electron chi connectivity index (χ0n) is 12.5. The molecule has 7 nitrogen and oxygen atoms in total. The molecule has 1 aromatic heterocycles. The molecule has 0 aliphatic heterocycles. The first-order chi connectivity index (χ1) is 10.5. The first-order valence-corrected chi connectivity index (χ1v) is 6.83. The number of ether oxygens (including phenoxy) is 1. The third kappa shape index (κ3) is 3.98. The van der Waals surface area contributed by atoms with E-state index in [1.54, 1.807) is 0 Å². The highest BCUT2D eigenvalue weighted by Crippen LogP contribution is 2.16. The number of hydrogen-bond acceptors (Lipinski definition) is 6. The molecule has 1 heterocycles. The number of rotatable bonds is 5. The smallest absolute Gasteiger partial charge is 0.319 e. The van der Waals surface area contributed by atoms with Crippen molar-refractivity contribution in [2.45, 2.75) is 0 Å². The van der Waals surface area contributed by atoms with Crippen LogP contribution in [0.4, 0.5) is 11.5 Å². The molecule has 0 aliphatic carbocycles. The van der Waals surface area contributed by atoms with Crippen molar-refractivity contribution in [3.8, 4) is 6.01 Å². The van der Waals surface area contributed by atoms with Gasteiger partial charge in [-0.1, -0.05) is 11.6 Å². The second kappa shape index (κ2) is 6.95. The number of anilines is 2. The van der Waals surface area contributed by atoms with Crippen LogP contribution in [0.5, 0.6) is 6.01 Å². The van der Waals surface area contributed by atoms with Crippen molar-refractivity contribution >= 4 is 28.9 Å². The van der Waals surface area contributed by atoms with Gasteiger partial charge in [-0.3, -0.25) is 5.43 Å². The maximum Gasteiger partial charge on any atom is 0.319 e. The van der Waals surface area contributed by atoms with Gasteiger partial charge in [0.2, 0.25) is 0 Å². The van der Waals surface area contributed by atoms with Crippen LogP contribution < -0.4 is 20.8 Å². The molecule has 2 aromatic rings. The number of nitrogens with one attached hydrogen (secondary N) is 1. The second-order valence-electron chi connectivity index (χ2n) is 4.61. The summed E-state index contributed by atoms with van der Waals surface area (Å²) in [4.78, 5) is 9.93. The molecule has 0 atom stereocenters. The van der Waals surface area contributed by atoms with Crippen LogP contribution in [0, 0.1) is 0 Å².